The molecule has 0 saturated heterocycles. The van der Waals surface area contributed by atoms with Crippen LogP contribution in [0.15, 0.2) is 55.0 Å². The minimum absolute atomic E-state index is 0.544. The Balaban J connectivity index is 1.47. The van der Waals surface area contributed by atoms with Crippen LogP contribution in [0, 0.1) is 0 Å². The van der Waals surface area contributed by atoms with Gasteiger partial charge in [-0.05, 0) is 29.8 Å². The molecule has 8 heteroatoms. The molecule has 0 bridgehead atoms. The zero-order valence-electron chi connectivity index (χ0n) is 14.7. The third-order valence-corrected chi connectivity index (χ3v) is 4.41. The number of benzene rings is 1. The van der Waals surface area contributed by atoms with Crippen LogP contribution in [0.3, 0.4) is 0 Å². The summed E-state index contributed by atoms with van der Waals surface area (Å²) in [6.45, 7) is 0.572. The van der Waals surface area contributed by atoms with E-state index in [0.29, 0.717) is 24.3 Å². The van der Waals surface area contributed by atoms with Gasteiger partial charge in [-0.2, -0.15) is 5.10 Å². The molecule has 0 fully saturated rings. The quantitative estimate of drug-likeness (QED) is 0.490. The van der Waals surface area contributed by atoms with Gasteiger partial charge in [0.1, 0.15) is 0 Å². The fraction of sp³-hybridized carbons (Fsp3) is 0.158. The largest absolute Gasteiger partial charge is 0.276 e. The van der Waals surface area contributed by atoms with Crippen molar-refractivity contribution in [2.45, 2.75) is 13.0 Å². The Hall–Kier alpha value is -3.68. The molecule has 4 heterocycles. The Morgan fingerprint density at radius 2 is 2.00 bits per heavy atom. The van der Waals surface area contributed by atoms with Gasteiger partial charge in [-0.1, -0.05) is 17.3 Å². The molecule has 0 aliphatic carbocycles. The van der Waals surface area contributed by atoms with Crippen molar-refractivity contribution in [2.75, 3.05) is 0 Å². The molecule has 5 aromatic rings. The van der Waals surface area contributed by atoms with E-state index >= 15 is 0 Å². The molecule has 0 unspecified atom stereocenters. The summed E-state index contributed by atoms with van der Waals surface area (Å²) in [6, 6.07) is 12.1. The van der Waals surface area contributed by atoms with Crippen molar-refractivity contribution in [1.29, 1.82) is 0 Å². The normalized spacial score (nSPS) is 11.4. The Labute approximate surface area is 154 Å². The molecular weight excluding hydrogens is 340 g/mol. The summed E-state index contributed by atoms with van der Waals surface area (Å²) < 4.78 is 3.56. The first kappa shape index (κ1) is 15.6. The molecule has 0 atom stereocenters. The number of aromatic nitrogens is 8. The van der Waals surface area contributed by atoms with Crippen LogP contribution in [0.5, 0.6) is 0 Å². The lowest BCUT2D eigenvalue weighted by Gasteiger charge is -2.04. The molecule has 0 amide bonds. The van der Waals surface area contributed by atoms with E-state index in [0.717, 1.165) is 27.9 Å². The van der Waals surface area contributed by atoms with Crippen molar-refractivity contribution in [1.82, 2.24) is 39.7 Å². The van der Waals surface area contributed by atoms with E-state index in [4.69, 9.17) is 4.98 Å². The molecule has 4 aromatic heterocycles. The first-order valence-corrected chi connectivity index (χ1v) is 8.62. The second kappa shape index (κ2) is 6.24. The molecule has 5 rings (SSSR count). The highest BCUT2D eigenvalue weighted by Crippen LogP contribution is 2.16. The lowest BCUT2D eigenvalue weighted by molar-refractivity contribution is 0.663. The lowest BCUT2D eigenvalue weighted by atomic mass is 10.1. The molecule has 1 aromatic carbocycles. The number of pyridine rings is 1. The third-order valence-electron chi connectivity index (χ3n) is 4.41. The van der Waals surface area contributed by atoms with E-state index in [1.807, 2.05) is 37.5 Å². The number of hydrogen-bond donors (Lipinski definition) is 0. The standard InChI is InChI=1S/C19H16N8/c1-26-8-6-15(24-26)10-16-11-21-18-19(22-16)27(25-23-18)12-13-4-5-17-14(9-13)3-2-7-20-17/h2-9,11H,10,12H2,1H3. The summed E-state index contributed by atoms with van der Waals surface area (Å²) in [4.78, 5) is 13.5. The molecule has 0 spiro atoms. The molecule has 132 valence electrons. The van der Waals surface area contributed by atoms with Crippen molar-refractivity contribution in [3.8, 4) is 0 Å². The van der Waals surface area contributed by atoms with E-state index in [1.165, 1.54) is 0 Å². The van der Waals surface area contributed by atoms with Crippen LogP contribution >= 0.6 is 0 Å². The number of aryl methyl sites for hydroxylation is 1. The molecule has 27 heavy (non-hydrogen) atoms. The zero-order valence-corrected chi connectivity index (χ0v) is 14.7. The number of nitrogens with zero attached hydrogens (tertiary/aromatic N) is 8. The van der Waals surface area contributed by atoms with Gasteiger partial charge in [0.2, 0.25) is 5.65 Å². The molecule has 0 aliphatic rings. The van der Waals surface area contributed by atoms with Crippen LogP contribution in [0.1, 0.15) is 17.0 Å². The van der Waals surface area contributed by atoms with Gasteiger partial charge in [-0.15, -0.1) is 5.10 Å². The van der Waals surface area contributed by atoms with Crippen LogP contribution < -0.4 is 0 Å². The summed E-state index contributed by atoms with van der Waals surface area (Å²) in [5, 5.41) is 13.9. The average molecular weight is 356 g/mol. The monoisotopic (exact) mass is 356 g/mol. The predicted molar refractivity (Wildman–Crippen MR) is 100.0 cm³/mol. The highest BCUT2D eigenvalue weighted by Gasteiger charge is 2.11. The Kier molecular flexibility index (Phi) is 3.60. The summed E-state index contributed by atoms with van der Waals surface area (Å²) in [5.41, 5.74) is 5.10. The summed E-state index contributed by atoms with van der Waals surface area (Å²) in [7, 11) is 1.90. The van der Waals surface area contributed by atoms with E-state index in [2.05, 4.69) is 37.5 Å². The zero-order chi connectivity index (χ0) is 18.2. The molecule has 0 saturated carbocycles. The van der Waals surface area contributed by atoms with Gasteiger partial charge in [0.05, 0.1) is 29.6 Å². The molecule has 0 N–H and O–H groups in total. The average Bonchev–Trinajstić information content (AvgIpc) is 3.28. The maximum atomic E-state index is 4.71. The van der Waals surface area contributed by atoms with Crippen molar-refractivity contribution < 1.29 is 0 Å². The first-order valence-electron chi connectivity index (χ1n) is 8.62. The van der Waals surface area contributed by atoms with Crippen molar-refractivity contribution in [3.63, 3.8) is 0 Å². The Bertz CT molecular complexity index is 1250. The Morgan fingerprint density at radius 1 is 1.04 bits per heavy atom. The van der Waals surface area contributed by atoms with Crippen LogP contribution in [-0.4, -0.2) is 39.7 Å². The van der Waals surface area contributed by atoms with E-state index in [1.54, 1.807) is 21.8 Å². The van der Waals surface area contributed by atoms with Crippen molar-refractivity contribution >= 4 is 22.2 Å². The van der Waals surface area contributed by atoms with Crippen LogP contribution in [0.2, 0.25) is 0 Å². The SMILES string of the molecule is Cn1ccc(Cc2cnc3nnn(Cc4ccc5ncccc5c4)c3n2)n1. The van der Waals surface area contributed by atoms with Gasteiger partial charge in [-0.25, -0.2) is 14.6 Å². The minimum Gasteiger partial charge on any atom is -0.276 e. The molecule has 8 nitrogen and oxygen atoms in total. The topological polar surface area (TPSA) is 87.2 Å². The molecule has 0 aliphatic heterocycles. The summed E-state index contributed by atoms with van der Waals surface area (Å²) in [5.74, 6) is 0. The fourth-order valence-corrected chi connectivity index (χ4v) is 3.12. The summed E-state index contributed by atoms with van der Waals surface area (Å²) >= 11 is 0. The van der Waals surface area contributed by atoms with Crippen molar-refractivity contribution in [2.24, 2.45) is 7.05 Å². The van der Waals surface area contributed by atoms with Gasteiger partial charge in [-0.3, -0.25) is 9.67 Å². The Morgan fingerprint density at radius 3 is 2.89 bits per heavy atom. The van der Waals surface area contributed by atoms with Crippen LogP contribution in [0.25, 0.3) is 22.2 Å². The lowest BCUT2D eigenvalue weighted by Crippen LogP contribution is -2.04. The fourth-order valence-electron chi connectivity index (χ4n) is 3.12. The maximum Gasteiger partial charge on any atom is 0.221 e. The maximum absolute atomic E-state index is 4.71. The first-order chi connectivity index (χ1) is 13.2. The van der Waals surface area contributed by atoms with E-state index < -0.39 is 0 Å². The van der Waals surface area contributed by atoms with Crippen LogP contribution in [-0.2, 0) is 20.0 Å². The van der Waals surface area contributed by atoms with E-state index in [-0.39, 0.29) is 0 Å². The molecule has 0 radical (unpaired) electrons. The molecular formula is C19H16N8. The van der Waals surface area contributed by atoms with Gasteiger partial charge >= 0.3 is 0 Å². The minimum atomic E-state index is 0.544. The summed E-state index contributed by atoms with van der Waals surface area (Å²) in [6.07, 6.45) is 6.07. The smallest absolute Gasteiger partial charge is 0.221 e. The van der Waals surface area contributed by atoms with Gasteiger partial charge in [0.15, 0.2) is 5.65 Å². The number of hydrogen-bond acceptors (Lipinski definition) is 6. The highest BCUT2D eigenvalue weighted by atomic mass is 15.4. The number of rotatable bonds is 4. The number of fused-ring (bicyclic) bond motifs is 2. The third kappa shape index (κ3) is 3.01. The second-order valence-electron chi connectivity index (χ2n) is 6.44. The van der Waals surface area contributed by atoms with Gasteiger partial charge < -0.3 is 0 Å². The second-order valence-corrected chi connectivity index (χ2v) is 6.44. The van der Waals surface area contributed by atoms with Crippen LogP contribution in [0.4, 0.5) is 0 Å². The van der Waals surface area contributed by atoms with Gasteiger partial charge in [0, 0.05) is 31.2 Å². The van der Waals surface area contributed by atoms with Crippen molar-refractivity contribution in [3.05, 3.63) is 71.9 Å². The van der Waals surface area contributed by atoms with Gasteiger partial charge in [0.25, 0.3) is 0 Å². The highest BCUT2D eigenvalue weighted by molar-refractivity contribution is 5.79. The van der Waals surface area contributed by atoms with E-state index in [9.17, 15) is 0 Å². The predicted octanol–water partition coefficient (Wildman–Crippen LogP) is 2.14.